The topological polar surface area (TPSA) is 49.6 Å². The first-order chi connectivity index (χ1) is 10.1. The molecule has 0 saturated heterocycles. The second kappa shape index (κ2) is 5.48. The number of allylic oxidation sites excluding steroid dienone is 4. The van der Waals surface area contributed by atoms with Gasteiger partial charge < -0.3 is 0 Å². The quantitative estimate of drug-likeness (QED) is 0.824. The molecule has 0 amide bonds. The highest BCUT2D eigenvalue weighted by Crippen LogP contribution is 2.35. The molecule has 2 aromatic rings. The zero-order valence-corrected chi connectivity index (χ0v) is 12.6. The molecule has 21 heavy (non-hydrogen) atoms. The van der Waals surface area contributed by atoms with Crippen LogP contribution >= 0.6 is 23.2 Å². The van der Waals surface area contributed by atoms with Gasteiger partial charge in [-0.3, -0.25) is 0 Å². The fourth-order valence-corrected chi connectivity index (χ4v) is 2.81. The predicted molar refractivity (Wildman–Crippen MR) is 84.0 cm³/mol. The first-order valence-electron chi connectivity index (χ1n) is 6.49. The van der Waals surface area contributed by atoms with Gasteiger partial charge in [0.15, 0.2) is 5.15 Å². The summed E-state index contributed by atoms with van der Waals surface area (Å²) in [7, 11) is 0. The van der Waals surface area contributed by atoms with E-state index in [4.69, 9.17) is 23.2 Å². The van der Waals surface area contributed by atoms with E-state index in [0.717, 1.165) is 16.5 Å². The second-order valence-corrected chi connectivity index (χ2v) is 5.85. The number of benzene rings is 1. The molecule has 1 aliphatic carbocycles. The molecule has 0 spiro atoms. The standard InChI is InChI=1S/C16H11Cl2N3/c17-11-5-7-16(10-19,8-6-11)9-14-12-3-1-2-4-13(12)15(18)21-20-14/h1-7H,8-9H2. The van der Waals surface area contributed by atoms with Crippen LogP contribution in [-0.4, -0.2) is 10.2 Å². The molecule has 0 saturated carbocycles. The van der Waals surface area contributed by atoms with E-state index in [1.165, 1.54) is 0 Å². The highest BCUT2D eigenvalue weighted by molar-refractivity contribution is 6.34. The lowest BCUT2D eigenvalue weighted by Gasteiger charge is -2.24. The Morgan fingerprint density at radius 3 is 2.62 bits per heavy atom. The van der Waals surface area contributed by atoms with Crippen molar-refractivity contribution in [2.45, 2.75) is 12.8 Å². The summed E-state index contributed by atoms with van der Waals surface area (Å²) in [5, 5.41) is 20.6. The van der Waals surface area contributed by atoms with Crippen LogP contribution in [0.1, 0.15) is 12.1 Å². The van der Waals surface area contributed by atoms with E-state index in [1.54, 1.807) is 6.08 Å². The third-order valence-corrected chi connectivity index (χ3v) is 4.21. The Morgan fingerprint density at radius 1 is 1.19 bits per heavy atom. The van der Waals surface area contributed by atoms with Crippen molar-refractivity contribution in [1.82, 2.24) is 10.2 Å². The van der Waals surface area contributed by atoms with Gasteiger partial charge in [0.2, 0.25) is 0 Å². The Morgan fingerprint density at radius 2 is 1.95 bits per heavy atom. The molecule has 0 N–H and O–H groups in total. The molecule has 3 rings (SSSR count). The van der Waals surface area contributed by atoms with E-state index in [9.17, 15) is 5.26 Å². The Bertz CT molecular complexity index is 805. The first kappa shape index (κ1) is 14.1. The molecule has 5 heteroatoms. The lowest BCUT2D eigenvalue weighted by atomic mass is 9.78. The third-order valence-electron chi connectivity index (χ3n) is 3.65. The van der Waals surface area contributed by atoms with Crippen molar-refractivity contribution in [3.8, 4) is 6.07 Å². The average molecular weight is 316 g/mol. The summed E-state index contributed by atoms with van der Waals surface area (Å²) in [6.07, 6.45) is 6.51. The maximum atomic E-state index is 9.57. The van der Waals surface area contributed by atoms with E-state index in [-0.39, 0.29) is 0 Å². The number of hydrogen-bond donors (Lipinski definition) is 0. The Kier molecular flexibility index (Phi) is 3.67. The molecular formula is C16H11Cl2N3. The van der Waals surface area contributed by atoms with Crippen LogP contribution < -0.4 is 0 Å². The lowest BCUT2D eigenvalue weighted by molar-refractivity contribution is 0.499. The molecule has 1 heterocycles. The summed E-state index contributed by atoms with van der Waals surface area (Å²) in [5.74, 6) is 0. The normalized spacial score (nSPS) is 21.1. The zero-order valence-electron chi connectivity index (χ0n) is 11.1. The molecule has 1 unspecified atom stereocenters. The molecule has 1 aromatic carbocycles. The van der Waals surface area contributed by atoms with Gasteiger partial charge >= 0.3 is 0 Å². The zero-order chi connectivity index (χ0) is 14.9. The van der Waals surface area contributed by atoms with Crippen LogP contribution in [0.5, 0.6) is 0 Å². The van der Waals surface area contributed by atoms with Gasteiger partial charge in [-0.15, -0.1) is 5.10 Å². The number of fused-ring (bicyclic) bond motifs is 1. The molecule has 0 fully saturated rings. The average Bonchev–Trinajstić information content (AvgIpc) is 2.53. The number of hydrogen-bond acceptors (Lipinski definition) is 3. The van der Waals surface area contributed by atoms with Gasteiger partial charge in [0.05, 0.1) is 17.2 Å². The van der Waals surface area contributed by atoms with Crippen molar-refractivity contribution in [2.75, 3.05) is 0 Å². The smallest absolute Gasteiger partial charge is 0.159 e. The maximum Gasteiger partial charge on any atom is 0.159 e. The monoisotopic (exact) mass is 315 g/mol. The number of aromatic nitrogens is 2. The highest BCUT2D eigenvalue weighted by Gasteiger charge is 2.30. The summed E-state index contributed by atoms with van der Waals surface area (Å²) in [6, 6.07) is 10.1. The van der Waals surface area contributed by atoms with Gasteiger partial charge in [-0.05, 0) is 12.5 Å². The fourth-order valence-electron chi connectivity index (χ4n) is 2.46. The molecule has 0 aliphatic heterocycles. The van der Waals surface area contributed by atoms with E-state index >= 15 is 0 Å². The summed E-state index contributed by atoms with van der Waals surface area (Å²) in [6.45, 7) is 0. The minimum Gasteiger partial charge on any atom is -0.197 e. The van der Waals surface area contributed by atoms with Crippen LogP contribution in [0.3, 0.4) is 0 Å². The van der Waals surface area contributed by atoms with Crippen molar-refractivity contribution < 1.29 is 0 Å². The van der Waals surface area contributed by atoms with Crippen molar-refractivity contribution in [2.24, 2.45) is 5.41 Å². The summed E-state index contributed by atoms with van der Waals surface area (Å²) in [5.41, 5.74) is 0.136. The van der Waals surface area contributed by atoms with Crippen LogP contribution in [0, 0.1) is 16.7 Å². The highest BCUT2D eigenvalue weighted by atomic mass is 35.5. The van der Waals surface area contributed by atoms with E-state index in [2.05, 4.69) is 16.3 Å². The van der Waals surface area contributed by atoms with Crippen LogP contribution in [0.25, 0.3) is 10.8 Å². The van der Waals surface area contributed by atoms with E-state index < -0.39 is 5.41 Å². The SMILES string of the molecule is N#CC1(Cc2nnc(Cl)c3ccccc23)C=CC(Cl)=CC1. The van der Waals surface area contributed by atoms with Gasteiger partial charge in [-0.1, -0.05) is 59.6 Å². The maximum absolute atomic E-state index is 9.57. The number of nitriles is 1. The predicted octanol–water partition coefficient (Wildman–Crippen LogP) is 4.42. The van der Waals surface area contributed by atoms with E-state index in [1.807, 2.05) is 36.4 Å². The molecule has 1 aromatic heterocycles. The number of nitrogens with zero attached hydrogens (tertiary/aromatic N) is 3. The van der Waals surface area contributed by atoms with Gasteiger partial charge in [-0.25, -0.2) is 0 Å². The van der Waals surface area contributed by atoms with Crippen molar-refractivity contribution in [3.63, 3.8) is 0 Å². The van der Waals surface area contributed by atoms with Crippen LogP contribution in [0.15, 0.2) is 47.5 Å². The van der Waals surface area contributed by atoms with Crippen LogP contribution in [0.4, 0.5) is 0 Å². The van der Waals surface area contributed by atoms with Gasteiger partial charge in [0.1, 0.15) is 0 Å². The number of halogens is 2. The first-order valence-corrected chi connectivity index (χ1v) is 7.25. The van der Waals surface area contributed by atoms with Crippen LogP contribution in [0.2, 0.25) is 5.15 Å². The summed E-state index contributed by atoms with van der Waals surface area (Å²) >= 11 is 12.0. The fraction of sp³-hybridized carbons (Fsp3) is 0.188. The molecule has 3 nitrogen and oxygen atoms in total. The Balaban J connectivity index is 2.05. The molecule has 1 atom stereocenters. The van der Waals surface area contributed by atoms with Crippen molar-refractivity contribution in [1.29, 1.82) is 5.26 Å². The Hall–Kier alpha value is -1.89. The minimum atomic E-state index is -0.635. The molecule has 1 aliphatic rings. The van der Waals surface area contributed by atoms with E-state index in [0.29, 0.717) is 23.0 Å². The van der Waals surface area contributed by atoms with Gasteiger partial charge in [0.25, 0.3) is 0 Å². The summed E-state index contributed by atoms with van der Waals surface area (Å²) in [4.78, 5) is 0. The molecule has 0 radical (unpaired) electrons. The van der Waals surface area contributed by atoms with Gasteiger partial charge in [0, 0.05) is 22.2 Å². The molecule has 104 valence electrons. The second-order valence-electron chi connectivity index (χ2n) is 5.05. The summed E-state index contributed by atoms with van der Waals surface area (Å²) < 4.78 is 0. The minimum absolute atomic E-state index is 0.377. The Labute approximate surface area is 132 Å². The van der Waals surface area contributed by atoms with Crippen LogP contribution in [-0.2, 0) is 6.42 Å². The van der Waals surface area contributed by atoms with Crippen molar-refractivity contribution in [3.05, 3.63) is 58.4 Å². The van der Waals surface area contributed by atoms with Gasteiger partial charge in [-0.2, -0.15) is 10.4 Å². The molecular weight excluding hydrogens is 305 g/mol. The third kappa shape index (κ3) is 2.65. The molecule has 0 bridgehead atoms. The largest absolute Gasteiger partial charge is 0.197 e. The lowest BCUT2D eigenvalue weighted by Crippen LogP contribution is -2.21. The van der Waals surface area contributed by atoms with Crippen molar-refractivity contribution >= 4 is 34.0 Å². The number of rotatable bonds is 2.